The molecular weight excluding hydrogens is 500 g/mol. The Morgan fingerprint density at radius 1 is 1.05 bits per heavy atom. The van der Waals surface area contributed by atoms with Crippen LogP contribution >= 0.6 is 0 Å². The molecule has 0 aromatic heterocycles. The first kappa shape index (κ1) is 30.0. The Balaban J connectivity index is 2.14. The van der Waals surface area contributed by atoms with Crippen LogP contribution in [-0.4, -0.2) is 58.5 Å². The number of anilines is 1. The van der Waals surface area contributed by atoms with Gasteiger partial charge in [0.25, 0.3) is 5.91 Å². The first-order valence-corrected chi connectivity index (χ1v) is 15.4. The Morgan fingerprint density at radius 3 is 2.24 bits per heavy atom. The summed E-state index contributed by atoms with van der Waals surface area (Å²) in [6.07, 6.45) is 4.01. The van der Waals surface area contributed by atoms with Crippen LogP contribution in [0.3, 0.4) is 0 Å². The van der Waals surface area contributed by atoms with Crippen LogP contribution in [0.2, 0.25) is 0 Å². The second-order valence-electron chi connectivity index (χ2n) is 10.7. The van der Waals surface area contributed by atoms with Gasteiger partial charge in [-0.3, -0.25) is 4.79 Å². The fourth-order valence-corrected chi connectivity index (χ4v) is 7.75. The molecule has 0 bridgehead atoms. The number of nitrogens with zero attached hydrogens (tertiary/aromatic N) is 1. The number of hydrogen-bond acceptors (Lipinski definition) is 6. The van der Waals surface area contributed by atoms with Gasteiger partial charge < -0.3 is 20.1 Å². The van der Waals surface area contributed by atoms with Gasteiger partial charge in [0.2, 0.25) is 0 Å². The molecule has 2 atom stereocenters. The summed E-state index contributed by atoms with van der Waals surface area (Å²) in [7, 11) is 0.203. The molecule has 2 aromatic carbocycles. The van der Waals surface area contributed by atoms with E-state index in [1.54, 1.807) is 18.2 Å². The number of aliphatic hydroxyl groups excluding tert-OH is 1. The molecule has 0 fully saturated rings. The van der Waals surface area contributed by atoms with Crippen molar-refractivity contribution in [3.8, 4) is 5.75 Å². The Morgan fingerprint density at radius 2 is 1.68 bits per heavy atom. The highest BCUT2D eigenvalue weighted by Gasteiger charge is 2.49. The molecule has 1 aliphatic heterocycles. The van der Waals surface area contributed by atoms with E-state index in [2.05, 4.69) is 19.2 Å². The molecule has 0 saturated carbocycles. The van der Waals surface area contributed by atoms with E-state index < -0.39 is 27.3 Å². The zero-order chi connectivity index (χ0) is 27.9. The topological polar surface area (TPSA) is 95.9 Å². The van der Waals surface area contributed by atoms with Crippen molar-refractivity contribution in [2.45, 2.75) is 76.2 Å². The Bertz CT molecular complexity index is 1170. The molecule has 1 heterocycles. The number of fused-ring (bicyclic) bond motifs is 1. The van der Waals surface area contributed by atoms with Crippen molar-refractivity contribution in [2.24, 2.45) is 5.41 Å². The molecule has 1 amide bonds. The van der Waals surface area contributed by atoms with E-state index in [9.17, 15) is 18.3 Å². The third-order valence-electron chi connectivity index (χ3n) is 7.64. The molecule has 0 radical (unpaired) electrons. The summed E-state index contributed by atoms with van der Waals surface area (Å²) in [6, 6.07) is 12.8. The van der Waals surface area contributed by atoms with Crippen molar-refractivity contribution in [2.75, 3.05) is 37.9 Å². The smallest absolute Gasteiger partial charge is 0.257 e. The molecule has 2 N–H and O–H groups in total. The monoisotopic (exact) mass is 544 g/mol. The SMILES string of the molecule is CCCCC1(CCCC)CS(=O)(=O)c2ccc(N(C)C)cc2[C@@H](c2ccc(OCC(=O)NCC)cc2)[C@H]1O. The number of carbonyl (C=O) groups excluding carboxylic acids is 1. The number of aliphatic hydroxyl groups is 1. The number of sulfone groups is 1. The average Bonchev–Trinajstić information content (AvgIpc) is 2.96. The van der Waals surface area contributed by atoms with Gasteiger partial charge in [0, 0.05) is 37.7 Å². The lowest BCUT2D eigenvalue weighted by Gasteiger charge is -2.40. The Kier molecular flexibility index (Phi) is 10.2. The number of rotatable bonds is 12. The normalized spacial score (nSPS) is 19.7. The predicted molar refractivity (Wildman–Crippen MR) is 153 cm³/mol. The molecule has 0 aliphatic carbocycles. The van der Waals surface area contributed by atoms with E-state index in [1.165, 1.54) is 0 Å². The lowest BCUT2D eigenvalue weighted by Crippen LogP contribution is -2.43. The fourth-order valence-electron chi connectivity index (χ4n) is 5.56. The van der Waals surface area contributed by atoms with Crippen LogP contribution in [0.1, 0.15) is 76.3 Å². The van der Waals surface area contributed by atoms with Crippen molar-refractivity contribution >= 4 is 21.4 Å². The molecule has 0 saturated heterocycles. The first-order valence-electron chi connectivity index (χ1n) is 13.8. The Labute approximate surface area is 228 Å². The molecule has 2 aromatic rings. The number of amides is 1. The van der Waals surface area contributed by atoms with E-state index >= 15 is 0 Å². The van der Waals surface area contributed by atoms with E-state index in [4.69, 9.17) is 4.74 Å². The van der Waals surface area contributed by atoms with Crippen LogP contribution < -0.4 is 15.0 Å². The van der Waals surface area contributed by atoms with Gasteiger partial charge in [-0.1, -0.05) is 51.7 Å². The minimum absolute atomic E-state index is 0.0558. The highest BCUT2D eigenvalue weighted by Crippen LogP contribution is 2.50. The summed E-state index contributed by atoms with van der Waals surface area (Å²) in [4.78, 5) is 14.1. The van der Waals surface area contributed by atoms with Gasteiger partial charge in [0.05, 0.1) is 16.8 Å². The lowest BCUT2D eigenvalue weighted by atomic mass is 9.68. The molecule has 3 rings (SSSR count). The largest absolute Gasteiger partial charge is 0.484 e. The first-order chi connectivity index (χ1) is 18.1. The van der Waals surface area contributed by atoms with Gasteiger partial charge >= 0.3 is 0 Å². The van der Waals surface area contributed by atoms with Gasteiger partial charge in [-0.25, -0.2) is 8.42 Å². The third-order valence-corrected chi connectivity index (χ3v) is 9.64. The quantitative estimate of drug-likeness (QED) is 0.394. The minimum Gasteiger partial charge on any atom is -0.484 e. The number of nitrogens with one attached hydrogen (secondary N) is 1. The second kappa shape index (κ2) is 13.0. The average molecular weight is 545 g/mol. The van der Waals surface area contributed by atoms with Crippen LogP contribution in [0.15, 0.2) is 47.4 Å². The number of unbranched alkanes of at least 4 members (excludes halogenated alkanes) is 2. The van der Waals surface area contributed by atoms with Crippen molar-refractivity contribution in [3.63, 3.8) is 0 Å². The van der Waals surface area contributed by atoms with Crippen molar-refractivity contribution in [3.05, 3.63) is 53.6 Å². The molecule has 0 spiro atoms. The summed E-state index contributed by atoms with van der Waals surface area (Å²) in [5.74, 6) is -0.225. The zero-order valence-corrected chi connectivity index (χ0v) is 24.3. The number of ether oxygens (including phenoxy) is 1. The maximum Gasteiger partial charge on any atom is 0.257 e. The summed E-state index contributed by atoms with van der Waals surface area (Å²) in [6.45, 7) is 6.51. The maximum atomic E-state index is 13.9. The summed E-state index contributed by atoms with van der Waals surface area (Å²) in [5, 5.41) is 14.9. The summed E-state index contributed by atoms with van der Waals surface area (Å²) in [5.41, 5.74) is 1.59. The third kappa shape index (κ3) is 6.70. The van der Waals surface area contributed by atoms with Gasteiger partial charge in [0.15, 0.2) is 16.4 Å². The Hall–Kier alpha value is -2.58. The zero-order valence-electron chi connectivity index (χ0n) is 23.5. The fraction of sp³-hybridized carbons (Fsp3) is 0.567. The van der Waals surface area contributed by atoms with Gasteiger partial charge in [-0.05, 0) is 61.2 Å². The number of carbonyl (C=O) groups is 1. The molecule has 1 aliphatic rings. The van der Waals surface area contributed by atoms with Crippen LogP contribution in [0.5, 0.6) is 5.75 Å². The van der Waals surface area contributed by atoms with Crippen molar-refractivity contribution in [1.29, 1.82) is 0 Å². The molecule has 38 heavy (non-hydrogen) atoms. The second-order valence-corrected chi connectivity index (χ2v) is 12.6. The van der Waals surface area contributed by atoms with Crippen LogP contribution in [0.25, 0.3) is 0 Å². The van der Waals surface area contributed by atoms with E-state index in [-0.39, 0.29) is 18.3 Å². The standard InChI is InChI=1S/C30H44N2O5S/c1-6-9-17-30(18-10-7-2)21-38(35,36)26-16-13-23(32(4)5)19-25(26)28(29(30)34)22-11-14-24(15-12-22)37-20-27(33)31-8-3/h11-16,19,28-29,34H,6-10,17-18,20-21H2,1-5H3,(H,31,33)/t28-,29-/m1/s1. The predicted octanol–water partition coefficient (Wildman–Crippen LogP) is 4.91. The van der Waals surface area contributed by atoms with Gasteiger partial charge in [-0.2, -0.15) is 0 Å². The van der Waals surface area contributed by atoms with E-state index in [1.807, 2.05) is 50.2 Å². The number of benzene rings is 2. The maximum absolute atomic E-state index is 13.9. The summed E-state index contributed by atoms with van der Waals surface area (Å²) >= 11 is 0. The van der Waals surface area contributed by atoms with Crippen LogP contribution in [-0.2, 0) is 14.6 Å². The number of hydrogen-bond donors (Lipinski definition) is 2. The van der Waals surface area contributed by atoms with Crippen LogP contribution in [0.4, 0.5) is 5.69 Å². The molecule has 7 nitrogen and oxygen atoms in total. The highest BCUT2D eigenvalue weighted by atomic mass is 32.2. The van der Waals surface area contributed by atoms with Gasteiger partial charge in [0.1, 0.15) is 5.75 Å². The number of likely N-dealkylation sites (N-methyl/N-ethyl adjacent to an activating group) is 1. The van der Waals surface area contributed by atoms with Crippen molar-refractivity contribution in [1.82, 2.24) is 5.32 Å². The van der Waals surface area contributed by atoms with Crippen LogP contribution in [0, 0.1) is 5.41 Å². The highest BCUT2D eigenvalue weighted by molar-refractivity contribution is 7.91. The van der Waals surface area contributed by atoms with E-state index in [0.717, 1.165) is 36.9 Å². The molecule has 8 heteroatoms. The molecule has 0 unspecified atom stereocenters. The van der Waals surface area contributed by atoms with E-state index in [0.29, 0.717) is 35.6 Å². The molecular formula is C30H44N2O5S. The minimum atomic E-state index is -3.64. The van der Waals surface area contributed by atoms with Gasteiger partial charge in [-0.15, -0.1) is 0 Å². The molecule has 210 valence electrons. The lowest BCUT2D eigenvalue weighted by molar-refractivity contribution is -0.122. The summed E-state index contributed by atoms with van der Waals surface area (Å²) < 4.78 is 33.5. The van der Waals surface area contributed by atoms with Crippen molar-refractivity contribution < 1.29 is 23.1 Å².